The van der Waals surface area contributed by atoms with Crippen LogP contribution in [-0.2, 0) is 4.74 Å². The van der Waals surface area contributed by atoms with Crippen molar-refractivity contribution in [3.05, 3.63) is 34.9 Å². The molecular formula is C13H17ClN2O2. The van der Waals surface area contributed by atoms with Gasteiger partial charge in [0.2, 0.25) is 0 Å². The first-order valence-electron chi connectivity index (χ1n) is 6.11. The highest BCUT2D eigenvalue weighted by atomic mass is 35.5. The van der Waals surface area contributed by atoms with E-state index in [2.05, 4.69) is 10.2 Å². The first-order valence-corrected chi connectivity index (χ1v) is 6.49. The monoisotopic (exact) mass is 268 g/mol. The van der Waals surface area contributed by atoms with Gasteiger partial charge in [-0.1, -0.05) is 17.7 Å². The summed E-state index contributed by atoms with van der Waals surface area (Å²) in [6.07, 6.45) is 0. The number of nitrogens with zero attached hydrogens (tertiary/aromatic N) is 1. The Morgan fingerprint density at radius 3 is 2.89 bits per heavy atom. The van der Waals surface area contributed by atoms with E-state index in [0.717, 1.165) is 32.7 Å². The van der Waals surface area contributed by atoms with Gasteiger partial charge in [0, 0.05) is 37.7 Å². The van der Waals surface area contributed by atoms with Gasteiger partial charge < -0.3 is 10.1 Å². The van der Waals surface area contributed by atoms with Gasteiger partial charge in [-0.15, -0.1) is 0 Å². The lowest BCUT2D eigenvalue weighted by Gasteiger charge is -2.26. The van der Waals surface area contributed by atoms with Gasteiger partial charge in [-0.2, -0.15) is 0 Å². The summed E-state index contributed by atoms with van der Waals surface area (Å²) < 4.78 is 5.23. The predicted molar refractivity (Wildman–Crippen MR) is 71.0 cm³/mol. The van der Waals surface area contributed by atoms with Crippen LogP contribution in [0.3, 0.4) is 0 Å². The number of piperazine rings is 1. The summed E-state index contributed by atoms with van der Waals surface area (Å²) in [4.78, 5) is 14.0. The average molecular weight is 269 g/mol. The van der Waals surface area contributed by atoms with Crippen molar-refractivity contribution in [2.75, 3.05) is 39.3 Å². The number of rotatable bonds is 4. The van der Waals surface area contributed by atoms with Crippen LogP contribution in [0.4, 0.5) is 0 Å². The molecule has 1 aliphatic heterocycles. The molecule has 0 aliphatic carbocycles. The molecule has 1 aliphatic rings. The van der Waals surface area contributed by atoms with E-state index in [1.54, 1.807) is 24.3 Å². The molecule has 1 heterocycles. The quantitative estimate of drug-likeness (QED) is 0.839. The minimum Gasteiger partial charge on any atom is -0.461 e. The first-order chi connectivity index (χ1) is 8.75. The van der Waals surface area contributed by atoms with Crippen LogP contribution in [0.2, 0.25) is 5.02 Å². The van der Waals surface area contributed by atoms with E-state index in [4.69, 9.17) is 16.3 Å². The fraction of sp³-hybridized carbons (Fsp3) is 0.462. The summed E-state index contributed by atoms with van der Waals surface area (Å²) in [7, 11) is 0. The van der Waals surface area contributed by atoms with Crippen molar-refractivity contribution in [2.45, 2.75) is 0 Å². The van der Waals surface area contributed by atoms with Gasteiger partial charge in [0.05, 0.1) is 5.56 Å². The lowest BCUT2D eigenvalue weighted by molar-refractivity contribution is 0.0456. The molecule has 1 fully saturated rings. The second kappa shape index (κ2) is 6.73. The van der Waals surface area contributed by atoms with E-state index in [9.17, 15) is 4.79 Å². The largest absolute Gasteiger partial charge is 0.461 e. The maximum Gasteiger partial charge on any atom is 0.338 e. The second-order valence-corrected chi connectivity index (χ2v) is 4.67. The summed E-state index contributed by atoms with van der Waals surface area (Å²) in [6.45, 7) is 5.23. The SMILES string of the molecule is O=C(OCCN1CCNCC1)c1cccc(Cl)c1. The fourth-order valence-electron chi connectivity index (χ4n) is 1.90. The highest BCUT2D eigenvalue weighted by Crippen LogP contribution is 2.11. The number of hydrogen-bond donors (Lipinski definition) is 1. The molecule has 0 atom stereocenters. The Balaban J connectivity index is 1.74. The van der Waals surface area contributed by atoms with Crippen molar-refractivity contribution in [2.24, 2.45) is 0 Å². The highest BCUT2D eigenvalue weighted by Gasteiger charge is 2.11. The van der Waals surface area contributed by atoms with Crippen LogP contribution in [0, 0.1) is 0 Å². The normalized spacial score (nSPS) is 16.5. The molecule has 1 saturated heterocycles. The van der Waals surface area contributed by atoms with E-state index >= 15 is 0 Å². The molecule has 0 saturated carbocycles. The van der Waals surface area contributed by atoms with Gasteiger partial charge in [0.25, 0.3) is 0 Å². The fourth-order valence-corrected chi connectivity index (χ4v) is 2.09. The molecule has 0 bridgehead atoms. The Morgan fingerprint density at radius 1 is 1.39 bits per heavy atom. The number of nitrogens with one attached hydrogen (secondary N) is 1. The van der Waals surface area contributed by atoms with Crippen molar-refractivity contribution < 1.29 is 9.53 Å². The number of carbonyl (C=O) groups excluding carboxylic acids is 1. The lowest BCUT2D eigenvalue weighted by Crippen LogP contribution is -2.44. The maximum absolute atomic E-state index is 11.7. The van der Waals surface area contributed by atoms with E-state index in [-0.39, 0.29) is 5.97 Å². The van der Waals surface area contributed by atoms with Crippen LogP contribution in [0.25, 0.3) is 0 Å². The third-order valence-electron chi connectivity index (χ3n) is 2.91. The average Bonchev–Trinajstić information content (AvgIpc) is 2.40. The lowest BCUT2D eigenvalue weighted by atomic mass is 10.2. The van der Waals surface area contributed by atoms with Crippen LogP contribution in [-0.4, -0.2) is 50.2 Å². The summed E-state index contributed by atoms with van der Waals surface area (Å²) >= 11 is 5.82. The van der Waals surface area contributed by atoms with Crippen molar-refractivity contribution in [1.29, 1.82) is 0 Å². The zero-order chi connectivity index (χ0) is 12.8. The Morgan fingerprint density at radius 2 is 2.17 bits per heavy atom. The Kier molecular flexibility index (Phi) is 4.99. The number of carbonyl (C=O) groups is 1. The third kappa shape index (κ3) is 3.98. The molecular weight excluding hydrogens is 252 g/mol. The maximum atomic E-state index is 11.7. The van der Waals surface area contributed by atoms with Crippen molar-refractivity contribution in [3.63, 3.8) is 0 Å². The van der Waals surface area contributed by atoms with Crippen molar-refractivity contribution >= 4 is 17.6 Å². The van der Waals surface area contributed by atoms with E-state index < -0.39 is 0 Å². The molecule has 98 valence electrons. The Bertz CT molecular complexity index is 406. The Hall–Kier alpha value is -1.10. The van der Waals surface area contributed by atoms with Crippen molar-refractivity contribution in [3.8, 4) is 0 Å². The van der Waals surface area contributed by atoms with Gasteiger partial charge in [0.15, 0.2) is 0 Å². The minimum absolute atomic E-state index is 0.312. The highest BCUT2D eigenvalue weighted by molar-refractivity contribution is 6.30. The van der Waals surface area contributed by atoms with E-state index in [1.165, 1.54) is 0 Å². The summed E-state index contributed by atoms with van der Waals surface area (Å²) in [5, 5.41) is 3.83. The smallest absolute Gasteiger partial charge is 0.338 e. The molecule has 0 spiro atoms. The standard InChI is InChI=1S/C13H17ClN2O2/c14-12-3-1-2-11(10-12)13(17)18-9-8-16-6-4-15-5-7-16/h1-3,10,15H,4-9H2. The van der Waals surface area contributed by atoms with Gasteiger partial charge in [-0.3, -0.25) is 4.90 Å². The summed E-state index contributed by atoms with van der Waals surface area (Å²) in [5.74, 6) is -0.312. The van der Waals surface area contributed by atoms with Crippen LogP contribution < -0.4 is 5.32 Å². The number of hydrogen-bond acceptors (Lipinski definition) is 4. The molecule has 5 heteroatoms. The summed E-state index contributed by atoms with van der Waals surface area (Å²) in [5.41, 5.74) is 0.503. The molecule has 1 aromatic rings. The molecule has 0 aromatic heterocycles. The van der Waals surface area contributed by atoms with Crippen molar-refractivity contribution in [1.82, 2.24) is 10.2 Å². The van der Waals surface area contributed by atoms with Crippen LogP contribution in [0.1, 0.15) is 10.4 Å². The third-order valence-corrected chi connectivity index (χ3v) is 3.15. The minimum atomic E-state index is -0.312. The van der Waals surface area contributed by atoms with E-state index in [1.807, 2.05) is 0 Å². The molecule has 2 rings (SSSR count). The van der Waals surface area contributed by atoms with Crippen LogP contribution in [0.5, 0.6) is 0 Å². The molecule has 1 aromatic carbocycles. The van der Waals surface area contributed by atoms with Gasteiger partial charge in [-0.25, -0.2) is 4.79 Å². The number of ether oxygens (including phenoxy) is 1. The summed E-state index contributed by atoms with van der Waals surface area (Å²) in [6, 6.07) is 6.81. The molecule has 18 heavy (non-hydrogen) atoms. The molecule has 0 amide bonds. The zero-order valence-electron chi connectivity index (χ0n) is 10.2. The number of esters is 1. The molecule has 4 nitrogen and oxygen atoms in total. The first kappa shape index (κ1) is 13.3. The molecule has 1 N–H and O–H groups in total. The van der Waals surface area contributed by atoms with Gasteiger partial charge in [0.1, 0.15) is 6.61 Å². The zero-order valence-corrected chi connectivity index (χ0v) is 10.9. The topological polar surface area (TPSA) is 41.6 Å². The second-order valence-electron chi connectivity index (χ2n) is 4.24. The molecule has 0 radical (unpaired) electrons. The molecule has 0 unspecified atom stereocenters. The van der Waals surface area contributed by atoms with Gasteiger partial charge in [-0.05, 0) is 18.2 Å². The number of halogens is 1. The Labute approximate surface area is 112 Å². The predicted octanol–water partition coefficient (Wildman–Crippen LogP) is 1.40. The van der Waals surface area contributed by atoms with Crippen LogP contribution >= 0.6 is 11.6 Å². The number of benzene rings is 1. The van der Waals surface area contributed by atoms with Gasteiger partial charge >= 0.3 is 5.97 Å². The van der Waals surface area contributed by atoms with E-state index in [0.29, 0.717) is 17.2 Å². The van der Waals surface area contributed by atoms with Crippen LogP contribution in [0.15, 0.2) is 24.3 Å².